The van der Waals surface area contributed by atoms with E-state index in [2.05, 4.69) is 35.0 Å². The van der Waals surface area contributed by atoms with Gasteiger partial charge >= 0.3 is 0 Å². The summed E-state index contributed by atoms with van der Waals surface area (Å²) >= 11 is 1.99. The summed E-state index contributed by atoms with van der Waals surface area (Å²) in [5.41, 5.74) is 2.88. The molecule has 1 aromatic carbocycles. The molecule has 1 aliphatic carbocycles. The Labute approximate surface area is 126 Å². The van der Waals surface area contributed by atoms with Gasteiger partial charge in [-0.05, 0) is 61.3 Å². The van der Waals surface area contributed by atoms with E-state index < -0.39 is 0 Å². The Kier molecular flexibility index (Phi) is 4.69. The molecular weight excluding hydrogens is 266 g/mol. The van der Waals surface area contributed by atoms with Crippen molar-refractivity contribution >= 4 is 11.8 Å². The molecule has 0 spiro atoms. The van der Waals surface area contributed by atoms with Crippen LogP contribution in [0.5, 0.6) is 5.75 Å². The van der Waals surface area contributed by atoms with Crippen molar-refractivity contribution in [3.05, 3.63) is 40.8 Å². The highest BCUT2D eigenvalue weighted by Crippen LogP contribution is 2.30. The third kappa shape index (κ3) is 3.21. The van der Waals surface area contributed by atoms with Crippen LogP contribution in [0.3, 0.4) is 0 Å². The van der Waals surface area contributed by atoms with Crippen molar-refractivity contribution in [3.63, 3.8) is 0 Å². The predicted octanol–water partition coefficient (Wildman–Crippen LogP) is 3.55. The zero-order chi connectivity index (χ0) is 13.8. The number of fused-ring (bicyclic) bond motifs is 1. The van der Waals surface area contributed by atoms with Gasteiger partial charge in [0.25, 0.3) is 0 Å². The van der Waals surface area contributed by atoms with Crippen LogP contribution >= 0.6 is 11.8 Å². The monoisotopic (exact) mass is 289 g/mol. The van der Waals surface area contributed by atoms with Crippen molar-refractivity contribution in [2.45, 2.75) is 43.4 Å². The topological polar surface area (TPSA) is 21.3 Å². The molecule has 1 heterocycles. The highest BCUT2D eigenvalue weighted by molar-refractivity contribution is 8.03. The summed E-state index contributed by atoms with van der Waals surface area (Å²) < 4.78 is 5.47. The number of nitrogens with one attached hydrogen (secondary N) is 1. The van der Waals surface area contributed by atoms with Crippen molar-refractivity contribution in [1.82, 2.24) is 5.32 Å². The summed E-state index contributed by atoms with van der Waals surface area (Å²) in [5.74, 6) is 1.06. The molecule has 1 aliphatic heterocycles. The van der Waals surface area contributed by atoms with Crippen LogP contribution in [0.4, 0.5) is 0 Å². The maximum Gasteiger partial charge on any atom is 0.122 e. The fourth-order valence-corrected chi connectivity index (χ4v) is 4.12. The Hall–Kier alpha value is -0.930. The lowest BCUT2D eigenvalue weighted by atomic mass is 9.87. The van der Waals surface area contributed by atoms with E-state index in [0.29, 0.717) is 6.04 Å². The van der Waals surface area contributed by atoms with E-state index in [0.717, 1.165) is 30.4 Å². The molecule has 2 aliphatic rings. The largest absolute Gasteiger partial charge is 0.496 e. The van der Waals surface area contributed by atoms with Crippen molar-refractivity contribution in [2.75, 3.05) is 13.7 Å². The summed E-state index contributed by atoms with van der Waals surface area (Å²) in [7, 11) is 1.77. The van der Waals surface area contributed by atoms with Gasteiger partial charge in [0.1, 0.15) is 5.75 Å². The SMILES string of the molecule is COc1cccc2c1CC[C@H](NCCC1CC=CS1)C2. The van der Waals surface area contributed by atoms with Crippen molar-refractivity contribution in [1.29, 1.82) is 0 Å². The number of rotatable bonds is 5. The first-order chi connectivity index (χ1) is 9.86. The van der Waals surface area contributed by atoms with Gasteiger partial charge in [-0.2, -0.15) is 0 Å². The fraction of sp³-hybridized carbons (Fsp3) is 0.529. The molecule has 2 nitrogen and oxygen atoms in total. The Morgan fingerprint density at radius 2 is 2.35 bits per heavy atom. The van der Waals surface area contributed by atoms with E-state index in [4.69, 9.17) is 4.74 Å². The second-order valence-electron chi connectivity index (χ2n) is 5.65. The molecular formula is C17H23NOS. The molecule has 0 aromatic heterocycles. The molecule has 0 amide bonds. The Morgan fingerprint density at radius 1 is 1.40 bits per heavy atom. The van der Waals surface area contributed by atoms with E-state index in [1.54, 1.807) is 7.11 Å². The molecule has 3 heteroatoms. The first kappa shape index (κ1) is 14.0. The van der Waals surface area contributed by atoms with Crippen LogP contribution in [-0.4, -0.2) is 24.9 Å². The average molecular weight is 289 g/mol. The van der Waals surface area contributed by atoms with Crippen LogP contribution in [0.25, 0.3) is 0 Å². The highest BCUT2D eigenvalue weighted by Gasteiger charge is 2.21. The van der Waals surface area contributed by atoms with Crippen molar-refractivity contribution in [3.8, 4) is 5.75 Å². The number of hydrogen-bond donors (Lipinski definition) is 1. The number of benzene rings is 1. The Balaban J connectivity index is 1.50. The standard InChI is InChI=1S/C17H23NOS/c1-19-17-6-2-4-13-12-14(7-8-16(13)17)18-10-9-15-5-3-11-20-15/h2-4,6,11,14-15,18H,5,7-10,12H2,1H3/t14-,15?/m0/s1. The second kappa shape index (κ2) is 6.68. The van der Waals surface area contributed by atoms with Gasteiger partial charge in [0.05, 0.1) is 7.11 Å². The van der Waals surface area contributed by atoms with Crippen molar-refractivity contribution in [2.24, 2.45) is 0 Å². The molecule has 1 N–H and O–H groups in total. The minimum atomic E-state index is 0.633. The molecule has 0 saturated heterocycles. The van der Waals surface area contributed by atoms with Gasteiger partial charge in [-0.15, -0.1) is 11.8 Å². The summed E-state index contributed by atoms with van der Waals surface area (Å²) in [6, 6.07) is 7.08. The minimum absolute atomic E-state index is 0.633. The third-order valence-corrected chi connectivity index (χ3v) is 5.49. The molecule has 0 radical (unpaired) electrons. The van der Waals surface area contributed by atoms with E-state index in [9.17, 15) is 0 Å². The number of thioether (sulfide) groups is 1. The quantitative estimate of drug-likeness (QED) is 0.895. The number of methoxy groups -OCH3 is 1. The summed E-state index contributed by atoms with van der Waals surface area (Å²) in [6.07, 6.45) is 8.32. The molecule has 108 valence electrons. The Morgan fingerprint density at radius 3 is 3.15 bits per heavy atom. The van der Waals surface area contributed by atoms with Crippen LogP contribution in [0, 0.1) is 0 Å². The van der Waals surface area contributed by atoms with Gasteiger partial charge < -0.3 is 10.1 Å². The summed E-state index contributed by atoms with van der Waals surface area (Å²) in [6.45, 7) is 1.14. The fourth-order valence-electron chi connectivity index (χ4n) is 3.20. The number of ether oxygens (including phenoxy) is 1. The van der Waals surface area contributed by atoms with Gasteiger partial charge in [0.15, 0.2) is 0 Å². The smallest absolute Gasteiger partial charge is 0.122 e. The van der Waals surface area contributed by atoms with Crippen LogP contribution in [0.2, 0.25) is 0 Å². The Bertz CT molecular complexity index is 478. The molecule has 0 fully saturated rings. The lowest BCUT2D eigenvalue weighted by Crippen LogP contribution is -2.36. The first-order valence-electron chi connectivity index (χ1n) is 7.55. The van der Waals surface area contributed by atoms with Crippen LogP contribution in [0.1, 0.15) is 30.4 Å². The predicted molar refractivity (Wildman–Crippen MR) is 86.6 cm³/mol. The lowest BCUT2D eigenvalue weighted by molar-refractivity contribution is 0.396. The summed E-state index contributed by atoms with van der Waals surface area (Å²) in [5, 5.41) is 6.79. The van der Waals surface area contributed by atoms with Crippen LogP contribution in [-0.2, 0) is 12.8 Å². The second-order valence-corrected chi connectivity index (χ2v) is 6.86. The number of allylic oxidation sites excluding steroid dienone is 1. The average Bonchev–Trinajstić information content (AvgIpc) is 2.99. The van der Waals surface area contributed by atoms with Gasteiger partial charge in [-0.25, -0.2) is 0 Å². The van der Waals surface area contributed by atoms with Gasteiger partial charge in [-0.3, -0.25) is 0 Å². The van der Waals surface area contributed by atoms with E-state index in [-0.39, 0.29) is 0 Å². The molecule has 1 aromatic rings. The van der Waals surface area contributed by atoms with Crippen molar-refractivity contribution < 1.29 is 4.74 Å². The van der Waals surface area contributed by atoms with Crippen LogP contribution in [0.15, 0.2) is 29.7 Å². The molecule has 3 rings (SSSR count). The normalized spacial score (nSPS) is 24.6. The van der Waals surface area contributed by atoms with E-state index >= 15 is 0 Å². The maximum absolute atomic E-state index is 5.47. The molecule has 2 atom stereocenters. The van der Waals surface area contributed by atoms with Crippen LogP contribution < -0.4 is 10.1 Å². The van der Waals surface area contributed by atoms with Gasteiger partial charge in [0.2, 0.25) is 0 Å². The highest BCUT2D eigenvalue weighted by atomic mass is 32.2. The van der Waals surface area contributed by atoms with Gasteiger partial charge in [0, 0.05) is 11.3 Å². The summed E-state index contributed by atoms with van der Waals surface area (Å²) in [4.78, 5) is 0. The zero-order valence-electron chi connectivity index (χ0n) is 12.1. The van der Waals surface area contributed by atoms with E-state index in [1.807, 2.05) is 11.8 Å². The third-order valence-electron chi connectivity index (χ3n) is 4.32. The minimum Gasteiger partial charge on any atom is -0.496 e. The maximum atomic E-state index is 5.47. The lowest BCUT2D eigenvalue weighted by Gasteiger charge is -2.27. The zero-order valence-corrected chi connectivity index (χ0v) is 12.9. The number of hydrogen-bond acceptors (Lipinski definition) is 3. The van der Waals surface area contributed by atoms with E-state index in [1.165, 1.54) is 30.4 Å². The molecule has 0 saturated carbocycles. The molecule has 0 bridgehead atoms. The molecule has 1 unspecified atom stereocenters. The first-order valence-corrected chi connectivity index (χ1v) is 8.49. The van der Waals surface area contributed by atoms with Gasteiger partial charge in [-0.1, -0.05) is 18.2 Å². The molecule has 20 heavy (non-hydrogen) atoms.